The number of carbonyl (C=O) groups excluding carboxylic acids is 1. The molecule has 0 aromatic heterocycles. The molecule has 0 saturated carbocycles. The molecule has 0 heterocycles. The SMILES string of the molecule is O=C(Cl)CCc1ccc(F)c(Br)c1. The first-order valence-electron chi connectivity index (χ1n) is 3.72. The second kappa shape index (κ2) is 4.72. The Kier molecular flexibility index (Phi) is 3.88. The first-order chi connectivity index (χ1) is 6.09. The van der Waals surface area contributed by atoms with Crippen LogP contribution in [-0.4, -0.2) is 5.24 Å². The topological polar surface area (TPSA) is 17.1 Å². The lowest BCUT2D eigenvalue weighted by molar-refractivity contribution is -0.111. The van der Waals surface area contributed by atoms with E-state index in [2.05, 4.69) is 15.9 Å². The molecule has 0 spiro atoms. The van der Waals surface area contributed by atoms with Gasteiger partial charge in [0.1, 0.15) is 5.82 Å². The Morgan fingerprint density at radius 1 is 1.54 bits per heavy atom. The van der Waals surface area contributed by atoms with Crippen LogP contribution in [0.25, 0.3) is 0 Å². The van der Waals surface area contributed by atoms with E-state index >= 15 is 0 Å². The Morgan fingerprint density at radius 2 is 2.23 bits per heavy atom. The molecule has 1 aromatic rings. The molecular weight excluding hydrogens is 258 g/mol. The zero-order valence-corrected chi connectivity index (χ0v) is 9.03. The number of aryl methyl sites for hydroxylation is 1. The maximum Gasteiger partial charge on any atom is 0.221 e. The van der Waals surface area contributed by atoms with Gasteiger partial charge in [0.25, 0.3) is 0 Å². The van der Waals surface area contributed by atoms with Gasteiger partial charge in [0.05, 0.1) is 4.47 Å². The zero-order chi connectivity index (χ0) is 9.84. The van der Waals surface area contributed by atoms with Gasteiger partial charge in [0.15, 0.2) is 0 Å². The molecule has 0 aliphatic heterocycles. The third-order valence-electron chi connectivity index (χ3n) is 1.59. The third-order valence-corrected chi connectivity index (χ3v) is 2.39. The number of halogens is 3. The Balaban J connectivity index is 2.68. The van der Waals surface area contributed by atoms with Gasteiger partial charge < -0.3 is 0 Å². The minimum Gasteiger partial charge on any atom is -0.281 e. The summed E-state index contributed by atoms with van der Waals surface area (Å²) in [5.74, 6) is -0.305. The minimum atomic E-state index is -0.375. The Labute approximate surface area is 89.0 Å². The van der Waals surface area contributed by atoms with Crippen LogP contribution in [0, 0.1) is 5.82 Å². The van der Waals surface area contributed by atoms with E-state index in [1.165, 1.54) is 6.07 Å². The Hall–Kier alpha value is -0.410. The molecule has 0 fully saturated rings. The quantitative estimate of drug-likeness (QED) is 0.767. The highest BCUT2D eigenvalue weighted by Crippen LogP contribution is 2.17. The molecule has 0 unspecified atom stereocenters. The van der Waals surface area contributed by atoms with Gasteiger partial charge in [-0.2, -0.15) is 0 Å². The standard InChI is InChI=1S/C9H7BrClFO/c10-7-5-6(1-3-8(7)12)2-4-9(11)13/h1,3,5H,2,4H2. The van der Waals surface area contributed by atoms with E-state index in [0.717, 1.165) is 5.56 Å². The maximum atomic E-state index is 12.8. The van der Waals surface area contributed by atoms with Crippen molar-refractivity contribution in [2.24, 2.45) is 0 Å². The molecule has 0 bridgehead atoms. The molecule has 1 rings (SSSR count). The summed E-state index contributed by atoms with van der Waals surface area (Å²) in [6.45, 7) is 0. The van der Waals surface area contributed by atoms with Crippen LogP contribution in [0.3, 0.4) is 0 Å². The van der Waals surface area contributed by atoms with Crippen LogP contribution in [0.2, 0.25) is 0 Å². The molecule has 1 aromatic carbocycles. The number of hydrogen-bond donors (Lipinski definition) is 0. The van der Waals surface area contributed by atoms with Gasteiger partial charge in [-0.15, -0.1) is 0 Å². The van der Waals surface area contributed by atoms with Gasteiger partial charge in [-0.1, -0.05) is 6.07 Å². The second-order valence-corrected chi connectivity index (χ2v) is 3.88. The largest absolute Gasteiger partial charge is 0.281 e. The highest BCUT2D eigenvalue weighted by molar-refractivity contribution is 9.10. The van der Waals surface area contributed by atoms with Crippen molar-refractivity contribution in [2.75, 3.05) is 0 Å². The van der Waals surface area contributed by atoms with Crippen LogP contribution < -0.4 is 0 Å². The first kappa shape index (κ1) is 10.7. The molecule has 1 nitrogen and oxygen atoms in total. The fraction of sp³-hybridized carbons (Fsp3) is 0.222. The van der Waals surface area contributed by atoms with E-state index in [9.17, 15) is 9.18 Å². The zero-order valence-electron chi connectivity index (χ0n) is 6.69. The maximum absolute atomic E-state index is 12.8. The van der Waals surface area contributed by atoms with E-state index < -0.39 is 0 Å². The molecule has 0 atom stereocenters. The molecule has 70 valence electrons. The minimum absolute atomic E-state index is 0.277. The molecule has 4 heteroatoms. The van der Waals surface area contributed by atoms with Crippen LogP contribution in [0.4, 0.5) is 4.39 Å². The van der Waals surface area contributed by atoms with Crippen LogP contribution in [0.15, 0.2) is 22.7 Å². The van der Waals surface area contributed by atoms with E-state index in [4.69, 9.17) is 11.6 Å². The summed E-state index contributed by atoms with van der Waals surface area (Å²) < 4.78 is 13.2. The normalized spacial score (nSPS) is 10.1. The van der Waals surface area contributed by atoms with Gasteiger partial charge >= 0.3 is 0 Å². The Bertz CT molecular complexity index is 327. The van der Waals surface area contributed by atoms with Crippen molar-refractivity contribution in [1.82, 2.24) is 0 Å². The molecule has 0 amide bonds. The van der Waals surface area contributed by atoms with Crippen molar-refractivity contribution in [1.29, 1.82) is 0 Å². The van der Waals surface area contributed by atoms with Crippen molar-refractivity contribution in [2.45, 2.75) is 12.8 Å². The van der Waals surface area contributed by atoms with Gasteiger partial charge in [0.2, 0.25) is 5.24 Å². The average molecular weight is 266 g/mol. The highest BCUT2D eigenvalue weighted by atomic mass is 79.9. The fourth-order valence-corrected chi connectivity index (χ4v) is 1.46. The molecule has 0 aliphatic carbocycles. The second-order valence-electron chi connectivity index (χ2n) is 2.60. The summed E-state index contributed by atoms with van der Waals surface area (Å²) in [4.78, 5) is 10.4. The predicted octanol–water partition coefficient (Wildman–Crippen LogP) is 3.29. The van der Waals surface area contributed by atoms with E-state index in [-0.39, 0.29) is 17.5 Å². The summed E-state index contributed by atoms with van der Waals surface area (Å²) in [5.41, 5.74) is 0.891. The van der Waals surface area contributed by atoms with Crippen LogP contribution in [0.5, 0.6) is 0 Å². The predicted molar refractivity (Wildman–Crippen MR) is 53.3 cm³/mol. The summed E-state index contributed by atoms with van der Waals surface area (Å²) in [7, 11) is 0. The Morgan fingerprint density at radius 3 is 2.77 bits per heavy atom. The van der Waals surface area contributed by atoms with Crippen molar-refractivity contribution < 1.29 is 9.18 Å². The highest BCUT2D eigenvalue weighted by Gasteiger charge is 2.02. The third kappa shape index (κ3) is 3.44. The summed E-state index contributed by atoms with van der Waals surface area (Å²) in [5, 5.41) is -0.375. The number of carbonyl (C=O) groups is 1. The van der Waals surface area contributed by atoms with E-state index in [0.29, 0.717) is 10.9 Å². The molecule has 0 N–H and O–H groups in total. The monoisotopic (exact) mass is 264 g/mol. The van der Waals surface area contributed by atoms with Gasteiger partial charge in [-0.05, 0) is 51.6 Å². The number of benzene rings is 1. The van der Waals surface area contributed by atoms with Crippen molar-refractivity contribution >= 4 is 32.8 Å². The molecular formula is C9H7BrClFO. The first-order valence-corrected chi connectivity index (χ1v) is 4.89. The van der Waals surface area contributed by atoms with Crippen LogP contribution in [-0.2, 0) is 11.2 Å². The van der Waals surface area contributed by atoms with Crippen molar-refractivity contribution in [3.8, 4) is 0 Å². The van der Waals surface area contributed by atoms with Crippen LogP contribution in [0.1, 0.15) is 12.0 Å². The number of hydrogen-bond acceptors (Lipinski definition) is 1. The summed E-state index contributed by atoms with van der Waals surface area (Å²) >= 11 is 8.23. The van der Waals surface area contributed by atoms with Crippen molar-refractivity contribution in [3.05, 3.63) is 34.1 Å². The van der Waals surface area contributed by atoms with Gasteiger partial charge in [0, 0.05) is 6.42 Å². The molecule has 13 heavy (non-hydrogen) atoms. The average Bonchev–Trinajstić information content (AvgIpc) is 2.07. The van der Waals surface area contributed by atoms with Crippen LogP contribution >= 0.6 is 27.5 Å². The lowest BCUT2D eigenvalue weighted by atomic mass is 10.1. The van der Waals surface area contributed by atoms with Gasteiger partial charge in [-0.3, -0.25) is 4.79 Å². The van der Waals surface area contributed by atoms with E-state index in [1.807, 2.05) is 0 Å². The number of rotatable bonds is 3. The fourth-order valence-electron chi connectivity index (χ4n) is 0.938. The van der Waals surface area contributed by atoms with Crippen molar-refractivity contribution in [3.63, 3.8) is 0 Å². The summed E-state index contributed by atoms with van der Waals surface area (Å²) in [6.07, 6.45) is 0.820. The lowest BCUT2D eigenvalue weighted by Crippen LogP contribution is -1.92. The lowest BCUT2D eigenvalue weighted by Gasteiger charge is -1.99. The summed E-state index contributed by atoms with van der Waals surface area (Å²) in [6, 6.07) is 4.65. The molecule has 0 radical (unpaired) electrons. The van der Waals surface area contributed by atoms with Gasteiger partial charge in [-0.25, -0.2) is 4.39 Å². The molecule has 0 aliphatic rings. The van der Waals surface area contributed by atoms with E-state index in [1.54, 1.807) is 12.1 Å². The molecule has 0 saturated heterocycles. The smallest absolute Gasteiger partial charge is 0.221 e.